The molecule has 5 heteroatoms. The summed E-state index contributed by atoms with van der Waals surface area (Å²) in [5.41, 5.74) is 1.86. The zero-order valence-electron chi connectivity index (χ0n) is 14.8. The molecular weight excluding hydrogens is 358 g/mol. The molecule has 3 aromatic rings. The molecule has 0 aliphatic carbocycles. The van der Waals surface area contributed by atoms with E-state index in [1.54, 1.807) is 4.90 Å². The predicted octanol–water partition coefficient (Wildman–Crippen LogP) is 4.41. The fourth-order valence-corrected chi connectivity index (χ4v) is 4.19. The van der Waals surface area contributed by atoms with Gasteiger partial charge in [-0.1, -0.05) is 54.6 Å². The molecule has 1 aliphatic heterocycles. The number of anilines is 1. The Bertz CT molecular complexity index is 996. The molecule has 27 heavy (non-hydrogen) atoms. The van der Waals surface area contributed by atoms with Crippen molar-refractivity contribution in [2.45, 2.75) is 17.9 Å². The molecule has 0 saturated heterocycles. The SMILES string of the molecule is O=C(CCN1C(=O)CSc2ccccc21)OCc1cccc2ccccc12. The first kappa shape index (κ1) is 17.6. The van der Waals surface area contributed by atoms with Crippen LogP contribution in [0.2, 0.25) is 0 Å². The molecule has 0 fully saturated rings. The van der Waals surface area contributed by atoms with Gasteiger partial charge in [0.1, 0.15) is 6.61 Å². The van der Waals surface area contributed by atoms with E-state index in [1.165, 1.54) is 11.8 Å². The molecule has 0 aromatic heterocycles. The first-order valence-corrected chi connectivity index (χ1v) is 9.85. The highest BCUT2D eigenvalue weighted by Crippen LogP contribution is 2.34. The van der Waals surface area contributed by atoms with Gasteiger partial charge in [-0.3, -0.25) is 9.59 Å². The minimum atomic E-state index is -0.300. The minimum Gasteiger partial charge on any atom is -0.461 e. The normalized spacial score (nSPS) is 13.5. The topological polar surface area (TPSA) is 46.6 Å². The van der Waals surface area contributed by atoms with Crippen molar-refractivity contribution in [3.05, 3.63) is 72.3 Å². The second-order valence-corrected chi connectivity index (χ2v) is 7.37. The van der Waals surface area contributed by atoms with Gasteiger partial charge in [0.2, 0.25) is 5.91 Å². The summed E-state index contributed by atoms with van der Waals surface area (Å²) in [6.07, 6.45) is 0.176. The van der Waals surface area contributed by atoms with Gasteiger partial charge in [-0.2, -0.15) is 0 Å². The van der Waals surface area contributed by atoms with E-state index in [2.05, 4.69) is 0 Å². The predicted molar refractivity (Wildman–Crippen MR) is 108 cm³/mol. The molecule has 1 amide bonds. The van der Waals surface area contributed by atoms with Crippen molar-refractivity contribution in [3.63, 3.8) is 0 Å². The maximum atomic E-state index is 12.2. The van der Waals surface area contributed by atoms with E-state index < -0.39 is 0 Å². The van der Waals surface area contributed by atoms with Crippen LogP contribution in [0.15, 0.2) is 71.6 Å². The summed E-state index contributed by atoms with van der Waals surface area (Å²) in [5, 5.41) is 2.21. The van der Waals surface area contributed by atoms with Crippen LogP contribution in [0.1, 0.15) is 12.0 Å². The van der Waals surface area contributed by atoms with E-state index >= 15 is 0 Å². The zero-order chi connectivity index (χ0) is 18.6. The maximum absolute atomic E-state index is 12.2. The van der Waals surface area contributed by atoms with Crippen molar-refractivity contribution in [1.29, 1.82) is 0 Å². The number of carbonyl (C=O) groups is 2. The van der Waals surface area contributed by atoms with E-state index in [4.69, 9.17) is 4.74 Å². The fourth-order valence-electron chi connectivity index (χ4n) is 3.25. The Hall–Kier alpha value is -2.79. The van der Waals surface area contributed by atoms with Gasteiger partial charge in [-0.25, -0.2) is 0 Å². The van der Waals surface area contributed by atoms with Crippen molar-refractivity contribution in [2.24, 2.45) is 0 Å². The van der Waals surface area contributed by atoms with Gasteiger partial charge < -0.3 is 9.64 Å². The first-order valence-electron chi connectivity index (χ1n) is 8.87. The number of carbonyl (C=O) groups excluding carboxylic acids is 2. The van der Waals surface area contributed by atoms with Gasteiger partial charge in [0, 0.05) is 11.4 Å². The smallest absolute Gasteiger partial charge is 0.307 e. The van der Waals surface area contributed by atoms with Gasteiger partial charge >= 0.3 is 5.97 Å². The van der Waals surface area contributed by atoms with Crippen LogP contribution in [0.5, 0.6) is 0 Å². The number of nitrogens with zero attached hydrogens (tertiary/aromatic N) is 1. The summed E-state index contributed by atoms with van der Waals surface area (Å²) >= 11 is 1.54. The summed E-state index contributed by atoms with van der Waals surface area (Å²) in [5.74, 6) is 0.134. The Morgan fingerprint density at radius 2 is 1.78 bits per heavy atom. The first-order chi connectivity index (χ1) is 13.2. The van der Waals surface area contributed by atoms with E-state index in [0.29, 0.717) is 12.3 Å². The van der Waals surface area contributed by atoms with Crippen LogP contribution in [-0.2, 0) is 20.9 Å². The van der Waals surface area contributed by atoms with E-state index in [-0.39, 0.29) is 24.9 Å². The average Bonchev–Trinajstić information content (AvgIpc) is 2.71. The molecule has 0 radical (unpaired) electrons. The Kier molecular flexibility index (Phi) is 5.12. The molecule has 0 spiro atoms. The number of benzene rings is 3. The van der Waals surface area contributed by atoms with Gasteiger partial charge in [-0.15, -0.1) is 11.8 Å². The Morgan fingerprint density at radius 1 is 1.00 bits per heavy atom. The third-order valence-electron chi connectivity index (χ3n) is 4.62. The summed E-state index contributed by atoms with van der Waals surface area (Å²) in [6.45, 7) is 0.575. The lowest BCUT2D eigenvalue weighted by Gasteiger charge is -2.28. The summed E-state index contributed by atoms with van der Waals surface area (Å²) in [6, 6.07) is 21.8. The highest BCUT2D eigenvalue weighted by atomic mass is 32.2. The van der Waals surface area contributed by atoms with Crippen LogP contribution >= 0.6 is 11.8 Å². The van der Waals surface area contributed by atoms with Gasteiger partial charge in [-0.05, 0) is 28.5 Å². The van der Waals surface area contributed by atoms with Crippen molar-refractivity contribution in [3.8, 4) is 0 Å². The van der Waals surface area contributed by atoms with Crippen molar-refractivity contribution < 1.29 is 14.3 Å². The lowest BCUT2D eigenvalue weighted by atomic mass is 10.1. The van der Waals surface area contributed by atoms with Crippen LogP contribution in [0.3, 0.4) is 0 Å². The lowest BCUT2D eigenvalue weighted by molar-refractivity contribution is -0.144. The van der Waals surface area contributed by atoms with Crippen molar-refractivity contribution in [1.82, 2.24) is 0 Å². The molecule has 4 rings (SSSR count). The number of thioether (sulfide) groups is 1. The quantitative estimate of drug-likeness (QED) is 0.618. The molecule has 1 heterocycles. The molecule has 0 bridgehead atoms. The Morgan fingerprint density at radius 3 is 2.70 bits per heavy atom. The Labute approximate surface area is 162 Å². The van der Waals surface area contributed by atoms with Crippen LogP contribution in [-0.4, -0.2) is 24.2 Å². The van der Waals surface area contributed by atoms with E-state index in [1.807, 2.05) is 66.7 Å². The van der Waals surface area contributed by atoms with Crippen LogP contribution in [0.4, 0.5) is 5.69 Å². The molecule has 136 valence electrons. The van der Waals surface area contributed by atoms with E-state index in [9.17, 15) is 9.59 Å². The molecule has 1 aliphatic rings. The number of rotatable bonds is 5. The number of fused-ring (bicyclic) bond motifs is 2. The average molecular weight is 377 g/mol. The molecular formula is C22H19NO3S. The van der Waals surface area contributed by atoms with Crippen molar-refractivity contribution >= 4 is 40.1 Å². The van der Waals surface area contributed by atoms with Crippen LogP contribution < -0.4 is 4.90 Å². The van der Waals surface area contributed by atoms with Crippen LogP contribution in [0.25, 0.3) is 10.8 Å². The second kappa shape index (κ2) is 7.84. The zero-order valence-corrected chi connectivity index (χ0v) is 15.6. The highest BCUT2D eigenvalue weighted by molar-refractivity contribution is 8.00. The fraction of sp³-hybridized carbons (Fsp3) is 0.182. The molecule has 0 saturated carbocycles. The number of hydrogen-bond acceptors (Lipinski definition) is 4. The summed E-state index contributed by atoms with van der Waals surface area (Å²) in [4.78, 5) is 27.3. The number of hydrogen-bond donors (Lipinski definition) is 0. The third-order valence-corrected chi connectivity index (χ3v) is 5.66. The summed E-state index contributed by atoms with van der Waals surface area (Å²) < 4.78 is 5.47. The molecule has 3 aromatic carbocycles. The van der Waals surface area contributed by atoms with Crippen LogP contribution in [0, 0.1) is 0 Å². The molecule has 0 atom stereocenters. The standard InChI is InChI=1S/C22H19NO3S/c24-21-15-27-20-11-4-3-10-19(20)23(21)13-12-22(25)26-14-17-8-5-7-16-6-1-2-9-18(16)17/h1-11H,12-15H2. The Balaban J connectivity index is 1.38. The van der Waals surface area contributed by atoms with Gasteiger partial charge in [0.25, 0.3) is 0 Å². The summed E-state index contributed by atoms with van der Waals surface area (Å²) in [7, 11) is 0. The number of ether oxygens (including phenoxy) is 1. The van der Waals surface area contributed by atoms with Gasteiger partial charge in [0.05, 0.1) is 17.9 Å². The molecule has 0 unspecified atom stereocenters. The maximum Gasteiger partial charge on any atom is 0.307 e. The molecule has 4 nitrogen and oxygen atoms in total. The number of esters is 1. The second-order valence-electron chi connectivity index (χ2n) is 6.35. The van der Waals surface area contributed by atoms with E-state index in [0.717, 1.165) is 26.9 Å². The van der Waals surface area contributed by atoms with Gasteiger partial charge in [0.15, 0.2) is 0 Å². The van der Waals surface area contributed by atoms with Crippen molar-refractivity contribution in [2.75, 3.05) is 17.2 Å². The largest absolute Gasteiger partial charge is 0.461 e. The highest BCUT2D eigenvalue weighted by Gasteiger charge is 2.24. The number of para-hydroxylation sites is 1. The number of amides is 1. The molecule has 0 N–H and O–H groups in total. The minimum absolute atomic E-state index is 0.0283. The third kappa shape index (κ3) is 3.83. The monoisotopic (exact) mass is 377 g/mol. The lowest BCUT2D eigenvalue weighted by Crippen LogP contribution is -2.37.